The third-order valence-electron chi connectivity index (χ3n) is 3.76. The molecule has 1 aromatic carbocycles. The lowest BCUT2D eigenvalue weighted by atomic mass is 10.2. The number of hydrogen-bond acceptors (Lipinski definition) is 6. The van der Waals surface area contributed by atoms with Crippen molar-refractivity contribution in [3.8, 4) is 11.5 Å². The van der Waals surface area contributed by atoms with Crippen molar-refractivity contribution < 1.29 is 17.6 Å². The molecule has 1 amide bonds. The van der Waals surface area contributed by atoms with Gasteiger partial charge in [0.1, 0.15) is 0 Å². The number of benzene rings is 1. The Labute approximate surface area is 139 Å². The van der Waals surface area contributed by atoms with Gasteiger partial charge in [-0.25, -0.2) is 8.42 Å². The molecule has 1 fully saturated rings. The lowest BCUT2D eigenvalue weighted by Gasteiger charge is -2.15. The molecule has 2 heterocycles. The van der Waals surface area contributed by atoms with Gasteiger partial charge < -0.3 is 9.73 Å². The summed E-state index contributed by atoms with van der Waals surface area (Å²) in [4.78, 5) is 11.9. The number of carbonyl (C=O) groups is 1. The van der Waals surface area contributed by atoms with Crippen LogP contribution in [0.25, 0.3) is 11.5 Å². The van der Waals surface area contributed by atoms with E-state index in [1.165, 1.54) is 16.4 Å². The maximum Gasteiger partial charge on any atom is 0.308 e. The van der Waals surface area contributed by atoms with Gasteiger partial charge in [0.15, 0.2) is 0 Å². The number of rotatable bonds is 5. The zero-order valence-corrected chi connectivity index (χ0v) is 14.0. The molecule has 8 nitrogen and oxygen atoms in total. The van der Waals surface area contributed by atoms with E-state index in [4.69, 9.17) is 4.42 Å². The highest BCUT2D eigenvalue weighted by atomic mass is 32.2. The highest BCUT2D eigenvalue weighted by Crippen LogP contribution is 2.24. The van der Waals surface area contributed by atoms with Crippen LogP contribution in [0, 0.1) is 0 Å². The van der Waals surface area contributed by atoms with Crippen LogP contribution in [0.3, 0.4) is 0 Å². The molecule has 3 rings (SSSR count). The fraction of sp³-hybridized carbons (Fsp3) is 0.400. The van der Waals surface area contributed by atoms with Crippen LogP contribution < -0.4 is 5.32 Å². The third kappa shape index (κ3) is 3.17. The second kappa shape index (κ2) is 6.70. The van der Waals surface area contributed by atoms with Crippen molar-refractivity contribution in [2.75, 3.05) is 19.6 Å². The van der Waals surface area contributed by atoms with Crippen LogP contribution in [0.5, 0.6) is 0 Å². The fourth-order valence-corrected chi connectivity index (χ4v) is 4.03. The van der Waals surface area contributed by atoms with Gasteiger partial charge in [-0.2, -0.15) is 4.31 Å². The minimum absolute atomic E-state index is 0.124. The number of sulfonamides is 1. The predicted octanol–water partition coefficient (Wildman–Crippen LogP) is 1.27. The summed E-state index contributed by atoms with van der Waals surface area (Å²) < 4.78 is 31.7. The molecule has 0 unspecified atom stereocenters. The molecule has 128 valence electrons. The number of nitrogens with one attached hydrogen (secondary N) is 1. The molecule has 0 saturated carbocycles. The molecular formula is C15H18N4O4S. The number of hydrogen-bond donors (Lipinski definition) is 1. The van der Waals surface area contributed by atoms with E-state index in [1.807, 2.05) is 0 Å². The van der Waals surface area contributed by atoms with Crippen molar-refractivity contribution in [3.05, 3.63) is 30.2 Å². The summed E-state index contributed by atoms with van der Waals surface area (Å²) in [6.45, 7) is 3.36. The molecule has 1 aliphatic heterocycles. The van der Waals surface area contributed by atoms with E-state index in [-0.39, 0.29) is 16.7 Å². The van der Waals surface area contributed by atoms with Crippen LogP contribution in [0.15, 0.2) is 33.6 Å². The molecule has 1 aliphatic rings. The van der Waals surface area contributed by atoms with Crippen LogP contribution >= 0.6 is 0 Å². The van der Waals surface area contributed by atoms with E-state index in [9.17, 15) is 13.2 Å². The Morgan fingerprint density at radius 1 is 1.21 bits per heavy atom. The summed E-state index contributed by atoms with van der Waals surface area (Å²) in [5.41, 5.74) is 0.554. The first kappa shape index (κ1) is 16.6. The molecule has 0 radical (unpaired) electrons. The first-order valence-electron chi connectivity index (χ1n) is 7.74. The van der Waals surface area contributed by atoms with Gasteiger partial charge in [-0.15, -0.1) is 10.2 Å². The molecule has 0 spiro atoms. The summed E-state index contributed by atoms with van der Waals surface area (Å²) >= 11 is 0. The van der Waals surface area contributed by atoms with Gasteiger partial charge in [0, 0.05) is 25.2 Å². The largest absolute Gasteiger partial charge is 0.412 e. The van der Waals surface area contributed by atoms with E-state index >= 15 is 0 Å². The van der Waals surface area contributed by atoms with Crippen molar-refractivity contribution in [2.24, 2.45) is 0 Å². The van der Waals surface area contributed by atoms with Crippen molar-refractivity contribution >= 4 is 15.9 Å². The lowest BCUT2D eigenvalue weighted by molar-refractivity contribution is 0.0922. The minimum Gasteiger partial charge on any atom is -0.412 e. The second-order valence-electron chi connectivity index (χ2n) is 5.41. The van der Waals surface area contributed by atoms with Crippen LogP contribution in [0.4, 0.5) is 0 Å². The average molecular weight is 350 g/mol. The summed E-state index contributed by atoms with van der Waals surface area (Å²) in [7, 11) is -3.45. The van der Waals surface area contributed by atoms with Crippen LogP contribution in [-0.2, 0) is 10.0 Å². The zero-order chi connectivity index (χ0) is 17.2. The fourth-order valence-electron chi connectivity index (χ4n) is 2.51. The SMILES string of the molecule is CCNC(=O)c1nnc(-c2ccc(S(=O)(=O)N3CCCC3)cc2)o1. The summed E-state index contributed by atoms with van der Waals surface area (Å²) in [5.74, 6) is -0.397. The highest BCUT2D eigenvalue weighted by Gasteiger charge is 2.27. The first-order chi connectivity index (χ1) is 11.5. The number of nitrogens with zero attached hydrogens (tertiary/aromatic N) is 3. The summed E-state index contributed by atoms with van der Waals surface area (Å²) in [5, 5.41) is 10.1. The van der Waals surface area contributed by atoms with Gasteiger partial charge in [-0.1, -0.05) is 0 Å². The monoisotopic (exact) mass is 350 g/mol. The van der Waals surface area contributed by atoms with Gasteiger partial charge in [0.25, 0.3) is 0 Å². The Kier molecular flexibility index (Phi) is 4.63. The molecule has 0 aliphatic carbocycles. The van der Waals surface area contributed by atoms with Crippen LogP contribution in [0.2, 0.25) is 0 Å². The molecule has 9 heteroatoms. The van der Waals surface area contributed by atoms with E-state index in [1.54, 1.807) is 19.1 Å². The minimum atomic E-state index is -3.45. The highest BCUT2D eigenvalue weighted by molar-refractivity contribution is 7.89. The molecule has 24 heavy (non-hydrogen) atoms. The van der Waals surface area contributed by atoms with E-state index < -0.39 is 15.9 Å². The Bertz CT molecular complexity index is 823. The number of carbonyl (C=O) groups excluding carboxylic acids is 1. The van der Waals surface area contributed by atoms with Gasteiger partial charge >= 0.3 is 11.8 Å². The molecule has 1 aromatic heterocycles. The molecule has 0 atom stereocenters. The Morgan fingerprint density at radius 2 is 1.88 bits per heavy atom. The maximum absolute atomic E-state index is 12.5. The zero-order valence-electron chi connectivity index (χ0n) is 13.2. The number of aromatic nitrogens is 2. The Morgan fingerprint density at radius 3 is 2.50 bits per heavy atom. The van der Waals surface area contributed by atoms with Crippen molar-refractivity contribution in [3.63, 3.8) is 0 Å². The molecular weight excluding hydrogens is 332 g/mol. The second-order valence-corrected chi connectivity index (χ2v) is 7.35. The third-order valence-corrected chi connectivity index (χ3v) is 5.67. The summed E-state index contributed by atoms with van der Waals surface area (Å²) in [6.07, 6.45) is 1.78. The Balaban J connectivity index is 1.81. The molecule has 1 N–H and O–H groups in total. The van der Waals surface area contributed by atoms with Gasteiger partial charge in [0.2, 0.25) is 15.9 Å². The van der Waals surface area contributed by atoms with Crippen LogP contribution in [0.1, 0.15) is 30.5 Å². The van der Waals surface area contributed by atoms with Crippen molar-refractivity contribution in [2.45, 2.75) is 24.7 Å². The van der Waals surface area contributed by atoms with E-state index in [0.29, 0.717) is 25.2 Å². The van der Waals surface area contributed by atoms with Crippen molar-refractivity contribution in [1.29, 1.82) is 0 Å². The standard InChI is InChI=1S/C15H18N4O4S/c1-2-16-13(20)15-18-17-14(23-15)11-5-7-12(8-6-11)24(21,22)19-9-3-4-10-19/h5-8H,2-4,9-10H2,1H3,(H,16,20). The maximum atomic E-state index is 12.5. The Hall–Kier alpha value is -2.26. The lowest BCUT2D eigenvalue weighted by Crippen LogP contribution is -2.27. The van der Waals surface area contributed by atoms with Gasteiger partial charge in [-0.05, 0) is 44.0 Å². The summed E-state index contributed by atoms with van der Waals surface area (Å²) in [6, 6.07) is 6.22. The van der Waals surface area contributed by atoms with Gasteiger partial charge in [-0.3, -0.25) is 4.79 Å². The van der Waals surface area contributed by atoms with Crippen molar-refractivity contribution in [1.82, 2.24) is 19.8 Å². The topological polar surface area (TPSA) is 105 Å². The van der Waals surface area contributed by atoms with E-state index in [2.05, 4.69) is 15.5 Å². The number of amides is 1. The normalized spacial score (nSPS) is 15.5. The molecule has 0 bridgehead atoms. The molecule has 2 aromatic rings. The average Bonchev–Trinajstić information content (AvgIpc) is 3.27. The predicted molar refractivity (Wildman–Crippen MR) is 85.7 cm³/mol. The van der Waals surface area contributed by atoms with E-state index in [0.717, 1.165) is 12.8 Å². The quantitative estimate of drug-likeness (QED) is 0.870. The van der Waals surface area contributed by atoms with Gasteiger partial charge in [0.05, 0.1) is 4.90 Å². The molecule has 1 saturated heterocycles. The van der Waals surface area contributed by atoms with Crippen LogP contribution in [-0.4, -0.2) is 48.5 Å². The first-order valence-corrected chi connectivity index (χ1v) is 9.18. The smallest absolute Gasteiger partial charge is 0.308 e.